The third-order valence-electron chi connectivity index (χ3n) is 5.80. The van der Waals surface area contributed by atoms with Crippen molar-refractivity contribution in [1.29, 1.82) is 0 Å². The van der Waals surface area contributed by atoms with Crippen molar-refractivity contribution in [2.75, 3.05) is 13.1 Å². The molecule has 32 heavy (non-hydrogen) atoms. The van der Waals surface area contributed by atoms with Gasteiger partial charge in [-0.05, 0) is 42.7 Å². The van der Waals surface area contributed by atoms with E-state index in [2.05, 4.69) is 4.98 Å². The first kappa shape index (κ1) is 21.7. The normalized spacial score (nSPS) is 15.3. The molecule has 1 fully saturated rings. The fraction of sp³-hybridized carbons (Fsp3) is 0.318. The smallest absolute Gasteiger partial charge is 0.416 e. The molecule has 0 unspecified atom stereocenters. The number of nitrogens with one attached hydrogen (secondary N) is 1. The lowest BCUT2D eigenvalue weighted by Crippen LogP contribution is -2.41. The summed E-state index contributed by atoms with van der Waals surface area (Å²) in [6.07, 6.45) is -3.42. The summed E-state index contributed by atoms with van der Waals surface area (Å²) in [7, 11) is 0. The Hall–Kier alpha value is -3.56. The summed E-state index contributed by atoms with van der Waals surface area (Å²) in [6.45, 7) is 0.781. The summed E-state index contributed by atoms with van der Waals surface area (Å²) >= 11 is 0. The van der Waals surface area contributed by atoms with Crippen LogP contribution in [-0.2, 0) is 17.4 Å². The first-order valence-electron chi connectivity index (χ1n) is 10.1. The van der Waals surface area contributed by atoms with Crippen LogP contribution in [-0.4, -0.2) is 44.5 Å². The molecule has 1 aliphatic rings. The van der Waals surface area contributed by atoms with Crippen LogP contribution in [0.3, 0.4) is 0 Å². The number of imidazole rings is 1. The van der Waals surface area contributed by atoms with E-state index in [1.165, 1.54) is 18.2 Å². The quantitative estimate of drug-likeness (QED) is 0.641. The number of carboxylic acids is 1. The standard InChI is InChI=1S/C22H20F3N3O4/c23-22(24,25)14-6-4-13(5-7-14)12-18(29)27-10-8-15(9-11-27)28-17-3-1-2-16(20(30)31)19(17)26-21(28)32/h1-7,15H,8-12H2,(H,26,32)(H,30,31). The molecule has 1 saturated heterocycles. The number of benzene rings is 2. The Balaban J connectivity index is 1.44. The number of H-pyrrole nitrogens is 1. The highest BCUT2D eigenvalue weighted by Gasteiger charge is 2.30. The van der Waals surface area contributed by atoms with Gasteiger partial charge in [0, 0.05) is 19.1 Å². The second kappa shape index (κ2) is 8.18. The first-order chi connectivity index (χ1) is 15.1. The van der Waals surface area contributed by atoms with Crippen LogP contribution in [0, 0.1) is 0 Å². The number of amides is 1. The predicted molar refractivity (Wildman–Crippen MR) is 110 cm³/mol. The zero-order valence-corrected chi connectivity index (χ0v) is 16.9. The molecule has 1 amide bonds. The molecule has 2 N–H and O–H groups in total. The Morgan fingerprint density at radius 1 is 1.06 bits per heavy atom. The van der Waals surface area contributed by atoms with Crippen molar-refractivity contribution in [2.45, 2.75) is 31.5 Å². The number of nitrogens with zero attached hydrogens (tertiary/aromatic N) is 2. The van der Waals surface area contributed by atoms with Crippen molar-refractivity contribution in [1.82, 2.24) is 14.5 Å². The highest BCUT2D eigenvalue weighted by molar-refractivity contribution is 6.00. The molecule has 2 heterocycles. The molecule has 0 saturated carbocycles. The molecular formula is C22H20F3N3O4. The first-order valence-corrected chi connectivity index (χ1v) is 10.1. The van der Waals surface area contributed by atoms with Crippen LogP contribution in [0.4, 0.5) is 13.2 Å². The minimum Gasteiger partial charge on any atom is -0.478 e. The van der Waals surface area contributed by atoms with Crippen molar-refractivity contribution in [3.05, 3.63) is 69.6 Å². The maximum absolute atomic E-state index is 12.7. The van der Waals surface area contributed by atoms with E-state index in [0.717, 1.165) is 12.1 Å². The van der Waals surface area contributed by atoms with Crippen LogP contribution in [0.1, 0.15) is 40.4 Å². The monoisotopic (exact) mass is 447 g/mol. The Morgan fingerprint density at radius 2 is 1.72 bits per heavy atom. The van der Waals surface area contributed by atoms with Crippen LogP contribution in [0.5, 0.6) is 0 Å². The summed E-state index contributed by atoms with van der Waals surface area (Å²) in [5, 5.41) is 9.33. The molecule has 4 rings (SSSR count). The van der Waals surface area contributed by atoms with Gasteiger partial charge in [-0.15, -0.1) is 0 Å². The van der Waals surface area contributed by atoms with Crippen LogP contribution < -0.4 is 5.69 Å². The molecular weight excluding hydrogens is 427 g/mol. The predicted octanol–water partition coefficient (Wildman–Crippen LogP) is 3.45. The number of aromatic nitrogens is 2. The lowest BCUT2D eigenvalue weighted by atomic mass is 10.0. The number of piperidine rings is 1. The number of fused-ring (bicyclic) bond motifs is 1. The Bertz CT molecular complexity index is 1220. The number of halogens is 3. The highest BCUT2D eigenvalue weighted by atomic mass is 19.4. The molecule has 1 aromatic heterocycles. The van der Waals surface area contributed by atoms with Gasteiger partial charge in [-0.25, -0.2) is 9.59 Å². The third kappa shape index (κ3) is 4.12. The van der Waals surface area contributed by atoms with Crippen molar-refractivity contribution >= 4 is 22.9 Å². The highest BCUT2D eigenvalue weighted by Crippen LogP contribution is 2.30. The molecule has 3 aromatic rings. The molecule has 7 nitrogen and oxygen atoms in total. The van der Waals surface area contributed by atoms with Gasteiger partial charge in [0.2, 0.25) is 5.91 Å². The van der Waals surface area contributed by atoms with Gasteiger partial charge in [-0.3, -0.25) is 9.36 Å². The number of aromatic amines is 1. The summed E-state index contributed by atoms with van der Waals surface area (Å²) in [5.41, 5.74) is 0.130. The molecule has 2 aromatic carbocycles. The number of likely N-dealkylation sites (tertiary alicyclic amines) is 1. The van der Waals surface area contributed by atoms with Gasteiger partial charge in [0.05, 0.1) is 28.6 Å². The molecule has 1 aliphatic heterocycles. The van der Waals surface area contributed by atoms with Gasteiger partial charge in [-0.2, -0.15) is 13.2 Å². The minimum absolute atomic E-state index is 0.00217. The molecule has 10 heteroatoms. The maximum atomic E-state index is 12.7. The Labute approximate surface area is 180 Å². The molecule has 168 valence electrons. The van der Waals surface area contributed by atoms with Crippen molar-refractivity contribution in [3.8, 4) is 0 Å². The third-order valence-corrected chi connectivity index (χ3v) is 5.80. The number of carbonyl (C=O) groups is 2. The van der Waals surface area contributed by atoms with Crippen LogP contribution in [0.2, 0.25) is 0 Å². The number of aromatic carboxylic acids is 1. The zero-order chi connectivity index (χ0) is 23.0. The molecule has 0 aliphatic carbocycles. The largest absolute Gasteiger partial charge is 0.478 e. The molecule has 0 bridgehead atoms. The van der Waals surface area contributed by atoms with E-state index in [1.54, 1.807) is 21.6 Å². The minimum atomic E-state index is -4.42. The van der Waals surface area contributed by atoms with Crippen molar-refractivity contribution < 1.29 is 27.9 Å². The molecule has 0 radical (unpaired) electrons. The lowest BCUT2D eigenvalue weighted by molar-refractivity contribution is -0.137. The second-order valence-electron chi connectivity index (χ2n) is 7.79. The van der Waals surface area contributed by atoms with E-state index in [0.29, 0.717) is 37.0 Å². The van der Waals surface area contributed by atoms with E-state index in [-0.39, 0.29) is 29.4 Å². The lowest BCUT2D eigenvalue weighted by Gasteiger charge is -2.32. The average molecular weight is 447 g/mol. The number of carboxylic acid groups (broad SMARTS) is 1. The van der Waals surface area contributed by atoms with Crippen LogP contribution in [0.25, 0.3) is 11.0 Å². The van der Waals surface area contributed by atoms with Gasteiger partial charge in [0.25, 0.3) is 0 Å². The van der Waals surface area contributed by atoms with Crippen molar-refractivity contribution in [2.24, 2.45) is 0 Å². The average Bonchev–Trinajstić information content (AvgIpc) is 3.09. The molecule has 0 atom stereocenters. The fourth-order valence-corrected chi connectivity index (χ4v) is 4.16. The topological polar surface area (TPSA) is 95.4 Å². The number of para-hydroxylation sites is 1. The van der Waals surface area contributed by atoms with Crippen LogP contribution >= 0.6 is 0 Å². The second-order valence-corrected chi connectivity index (χ2v) is 7.79. The zero-order valence-electron chi connectivity index (χ0n) is 16.9. The summed E-state index contributed by atoms with van der Waals surface area (Å²) in [4.78, 5) is 40.8. The maximum Gasteiger partial charge on any atom is 0.416 e. The number of alkyl halides is 3. The summed E-state index contributed by atoms with van der Waals surface area (Å²) < 4.78 is 39.6. The van der Waals surface area contributed by atoms with E-state index >= 15 is 0 Å². The number of rotatable bonds is 4. The molecule has 0 spiro atoms. The van der Waals surface area contributed by atoms with E-state index in [4.69, 9.17) is 0 Å². The van der Waals surface area contributed by atoms with E-state index < -0.39 is 23.4 Å². The van der Waals surface area contributed by atoms with Gasteiger partial charge in [0.15, 0.2) is 0 Å². The summed E-state index contributed by atoms with van der Waals surface area (Å²) in [6, 6.07) is 9.02. The number of carbonyl (C=O) groups excluding carboxylic acids is 1. The van der Waals surface area contributed by atoms with E-state index in [1.807, 2.05) is 0 Å². The fourth-order valence-electron chi connectivity index (χ4n) is 4.16. The van der Waals surface area contributed by atoms with Crippen LogP contribution in [0.15, 0.2) is 47.3 Å². The summed E-state index contributed by atoms with van der Waals surface area (Å²) in [5.74, 6) is -1.32. The van der Waals surface area contributed by atoms with Crippen molar-refractivity contribution in [3.63, 3.8) is 0 Å². The number of hydrogen-bond donors (Lipinski definition) is 2. The Kier molecular flexibility index (Phi) is 5.53. The SMILES string of the molecule is O=C(O)c1cccc2c1[nH]c(=O)n2C1CCN(C(=O)Cc2ccc(C(F)(F)F)cc2)CC1. The van der Waals surface area contributed by atoms with Gasteiger partial charge < -0.3 is 15.0 Å². The van der Waals surface area contributed by atoms with Gasteiger partial charge in [0.1, 0.15) is 0 Å². The van der Waals surface area contributed by atoms with Gasteiger partial charge >= 0.3 is 17.8 Å². The van der Waals surface area contributed by atoms with E-state index in [9.17, 15) is 32.7 Å². The Morgan fingerprint density at radius 3 is 2.31 bits per heavy atom. The van der Waals surface area contributed by atoms with Gasteiger partial charge in [-0.1, -0.05) is 18.2 Å². The number of hydrogen-bond acceptors (Lipinski definition) is 3.